The van der Waals surface area contributed by atoms with Crippen LogP contribution in [0, 0.1) is 11.3 Å². The van der Waals surface area contributed by atoms with Gasteiger partial charge in [-0.15, -0.1) is 0 Å². The van der Waals surface area contributed by atoms with Gasteiger partial charge in [0.1, 0.15) is 11.4 Å². The van der Waals surface area contributed by atoms with Gasteiger partial charge in [-0.3, -0.25) is 0 Å². The molecular formula is C23H35N6O+. The number of azo groups is 1. The Hall–Kier alpha value is -2.57. The summed E-state index contributed by atoms with van der Waals surface area (Å²) in [5.41, 5.74) is 1.56. The second-order valence-corrected chi connectivity index (χ2v) is 9.01. The number of aromatic nitrogens is 3. The summed E-state index contributed by atoms with van der Waals surface area (Å²) >= 11 is 0. The van der Waals surface area contributed by atoms with Gasteiger partial charge >= 0.3 is 0 Å². The Labute approximate surface area is 179 Å². The minimum Gasteiger partial charge on any atom is -0.491 e. The molecule has 7 nitrogen and oxygen atoms in total. The van der Waals surface area contributed by atoms with E-state index in [9.17, 15) is 0 Å². The molecule has 0 amide bonds. The molecule has 2 aromatic rings. The normalized spacial score (nSPS) is 17.3. The molecule has 162 valence electrons. The van der Waals surface area contributed by atoms with Gasteiger partial charge < -0.3 is 4.74 Å². The number of hydrogen-bond acceptors (Lipinski definition) is 5. The first-order chi connectivity index (χ1) is 14.3. The van der Waals surface area contributed by atoms with E-state index in [0.717, 1.165) is 29.4 Å². The molecule has 0 N–H and O–H groups in total. The van der Waals surface area contributed by atoms with Gasteiger partial charge in [-0.1, -0.05) is 71.0 Å². The Bertz CT molecular complexity index is 909. The average molecular weight is 412 g/mol. The summed E-state index contributed by atoms with van der Waals surface area (Å²) in [5.74, 6) is 2.13. The van der Waals surface area contributed by atoms with Crippen molar-refractivity contribution < 1.29 is 9.42 Å². The van der Waals surface area contributed by atoms with Gasteiger partial charge in [-0.2, -0.15) is 14.9 Å². The van der Waals surface area contributed by atoms with Crippen LogP contribution in [0.1, 0.15) is 72.2 Å². The van der Waals surface area contributed by atoms with Gasteiger partial charge in [-0.05, 0) is 34.4 Å². The van der Waals surface area contributed by atoms with Crippen molar-refractivity contribution >= 4 is 11.4 Å². The first-order valence-corrected chi connectivity index (χ1v) is 11.0. The summed E-state index contributed by atoms with van der Waals surface area (Å²) in [7, 11) is 1.92. The summed E-state index contributed by atoms with van der Waals surface area (Å²) in [4.78, 5) is 6.30. The van der Waals surface area contributed by atoms with E-state index in [1.165, 1.54) is 19.3 Å². The van der Waals surface area contributed by atoms with Crippen molar-refractivity contribution in [2.45, 2.75) is 66.3 Å². The van der Waals surface area contributed by atoms with E-state index < -0.39 is 0 Å². The van der Waals surface area contributed by atoms with Crippen molar-refractivity contribution in [2.75, 3.05) is 6.61 Å². The highest BCUT2D eigenvalue weighted by Gasteiger charge is 2.43. The second-order valence-electron chi connectivity index (χ2n) is 9.01. The number of unbranched alkanes of at least 4 members (excludes halogenated alkanes) is 1. The summed E-state index contributed by atoms with van der Waals surface area (Å²) in [6.45, 7) is 11.6. The molecule has 0 bridgehead atoms. The molecule has 1 aliphatic rings. The standard InChI is InChI=1S/C23H35N6O/c1-7-9-12-17(8-2)15-30-19-14-11-10-13-18(19)25-26-20-21(23(3,4)5)27-29-22(20)24-16-28(29)6/h10-11,13-14,16-17,20H,7-9,12,15H2,1-6H3/q+1. The SMILES string of the molecule is CCCCC(CC)COc1ccccc1N=NC1C(C(C)(C)C)=Nn2c1nc[n+]2C. The van der Waals surface area contributed by atoms with Crippen LogP contribution in [0.15, 0.2) is 45.9 Å². The smallest absolute Gasteiger partial charge is 0.285 e. The predicted octanol–water partition coefficient (Wildman–Crippen LogP) is 5.39. The largest absolute Gasteiger partial charge is 0.491 e. The fourth-order valence-electron chi connectivity index (χ4n) is 3.54. The van der Waals surface area contributed by atoms with Gasteiger partial charge in [0.2, 0.25) is 12.4 Å². The second kappa shape index (κ2) is 9.49. The number of benzene rings is 1. The number of ether oxygens (including phenoxy) is 1. The topological polar surface area (TPSA) is 68.0 Å². The molecule has 0 radical (unpaired) electrons. The minimum absolute atomic E-state index is 0.138. The number of fused-ring (bicyclic) bond motifs is 1. The van der Waals surface area contributed by atoms with E-state index in [4.69, 9.17) is 9.84 Å². The lowest BCUT2D eigenvalue weighted by atomic mass is 9.86. The molecule has 0 saturated heterocycles. The molecule has 2 atom stereocenters. The molecule has 1 aromatic carbocycles. The van der Waals surface area contributed by atoms with E-state index in [1.54, 1.807) is 11.1 Å². The lowest BCUT2D eigenvalue weighted by Gasteiger charge is -2.17. The Morgan fingerprint density at radius 3 is 2.70 bits per heavy atom. The van der Waals surface area contributed by atoms with Crippen molar-refractivity contribution in [3.63, 3.8) is 0 Å². The summed E-state index contributed by atoms with van der Waals surface area (Å²) in [6, 6.07) is 7.55. The first-order valence-electron chi connectivity index (χ1n) is 11.0. The highest BCUT2D eigenvalue weighted by atomic mass is 16.5. The zero-order valence-corrected chi connectivity index (χ0v) is 19.2. The van der Waals surface area contributed by atoms with E-state index in [2.05, 4.69) is 49.8 Å². The molecule has 1 aliphatic heterocycles. The van der Waals surface area contributed by atoms with Gasteiger partial charge in [-0.25, -0.2) is 0 Å². The van der Waals surface area contributed by atoms with Crippen LogP contribution < -0.4 is 9.42 Å². The van der Waals surface area contributed by atoms with Crippen molar-refractivity contribution in [1.29, 1.82) is 0 Å². The lowest BCUT2D eigenvalue weighted by molar-refractivity contribution is -0.753. The molecule has 30 heavy (non-hydrogen) atoms. The Morgan fingerprint density at radius 2 is 2.00 bits per heavy atom. The van der Waals surface area contributed by atoms with Crippen molar-refractivity contribution in [1.82, 2.24) is 9.77 Å². The maximum Gasteiger partial charge on any atom is 0.285 e. The van der Waals surface area contributed by atoms with Gasteiger partial charge in [0.05, 0.1) is 13.7 Å². The summed E-state index contributed by atoms with van der Waals surface area (Å²) in [6.07, 6.45) is 6.53. The Balaban J connectivity index is 1.80. The average Bonchev–Trinajstić information content (AvgIpc) is 3.27. The molecule has 0 spiro atoms. The fraction of sp³-hybridized carbons (Fsp3) is 0.609. The Morgan fingerprint density at radius 1 is 1.23 bits per heavy atom. The van der Waals surface area contributed by atoms with Crippen LogP contribution in [-0.2, 0) is 7.05 Å². The van der Waals surface area contributed by atoms with Crippen LogP contribution in [0.5, 0.6) is 5.75 Å². The molecule has 1 aromatic heterocycles. The fourth-order valence-corrected chi connectivity index (χ4v) is 3.54. The number of nitrogens with zero attached hydrogens (tertiary/aromatic N) is 6. The van der Waals surface area contributed by atoms with Crippen LogP contribution in [0.4, 0.5) is 5.69 Å². The molecule has 0 saturated carbocycles. The van der Waals surface area contributed by atoms with Crippen LogP contribution in [0.3, 0.4) is 0 Å². The zero-order valence-electron chi connectivity index (χ0n) is 19.2. The number of aryl methyl sites for hydroxylation is 1. The highest BCUT2D eigenvalue weighted by Crippen LogP contribution is 2.35. The molecule has 3 rings (SSSR count). The third-order valence-corrected chi connectivity index (χ3v) is 5.50. The maximum atomic E-state index is 6.16. The van der Waals surface area contributed by atoms with Gasteiger partial charge in [0.25, 0.3) is 5.82 Å². The molecule has 2 heterocycles. The van der Waals surface area contributed by atoms with Crippen LogP contribution in [0.2, 0.25) is 0 Å². The minimum atomic E-state index is -0.299. The van der Waals surface area contributed by atoms with Crippen LogP contribution in [0.25, 0.3) is 0 Å². The summed E-state index contributed by atoms with van der Waals surface area (Å²) in [5, 5.41) is 14.0. The third kappa shape index (κ3) is 4.94. The predicted molar refractivity (Wildman–Crippen MR) is 118 cm³/mol. The van der Waals surface area contributed by atoms with Crippen molar-refractivity contribution in [3.8, 4) is 5.75 Å². The highest BCUT2D eigenvalue weighted by molar-refractivity contribution is 5.95. The maximum absolute atomic E-state index is 6.16. The van der Waals surface area contributed by atoms with E-state index >= 15 is 0 Å². The number of hydrogen-bond donors (Lipinski definition) is 0. The Kier molecular flexibility index (Phi) is 7.00. The number of para-hydroxylation sites is 1. The summed E-state index contributed by atoms with van der Waals surface area (Å²) < 4.78 is 8.02. The van der Waals surface area contributed by atoms with Crippen molar-refractivity contribution in [2.24, 2.45) is 33.7 Å². The van der Waals surface area contributed by atoms with Crippen LogP contribution >= 0.6 is 0 Å². The molecular weight excluding hydrogens is 376 g/mol. The third-order valence-electron chi connectivity index (χ3n) is 5.50. The first kappa shape index (κ1) is 22.1. The number of rotatable bonds is 9. The van der Waals surface area contributed by atoms with E-state index in [0.29, 0.717) is 12.5 Å². The van der Waals surface area contributed by atoms with Gasteiger partial charge in [0, 0.05) is 5.41 Å². The van der Waals surface area contributed by atoms with Crippen LogP contribution in [-0.4, -0.2) is 22.1 Å². The van der Waals surface area contributed by atoms with E-state index in [-0.39, 0.29) is 11.5 Å². The van der Waals surface area contributed by atoms with Crippen molar-refractivity contribution in [3.05, 3.63) is 36.4 Å². The van der Waals surface area contributed by atoms with E-state index in [1.807, 2.05) is 36.0 Å². The monoisotopic (exact) mass is 411 g/mol. The zero-order chi connectivity index (χ0) is 21.7. The molecule has 0 fully saturated rings. The molecule has 2 unspecified atom stereocenters. The lowest BCUT2D eigenvalue weighted by Crippen LogP contribution is -2.36. The van der Waals surface area contributed by atoms with Gasteiger partial charge in [0.15, 0.2) is 5.71 Å². The molecule has 0 aliphatic carbocycles. The quantitative estimate of drug-likeness (QED) is 0.410. The molecule has 7 heteroatoms.